The minimum Gasteiger partial charge on any atom is -0.355 e. The van der Waals surface area contributed by atoms with Crippen molar-refractivity contribution in [2.45, 2.75) is 53.1 Å². The van der Waals surface area contributed by atoms with E-state index in [-0.39, 0.29) is 23.6 Å². The van der Waals surface area contributed by atoms with E-state index in [1.807, 2.05) is 13.8 Å². The molecular formula is C14H24N4O2. The maximum absolute atomic E-state index is 12.0. The molecule has 0 radical (unpaired) electrons. The van der Waals surface area contributed by atoms with Gasteiger partial charge in [-0.25, -0.2) is 4.98 Å². The summed E-state index contributed by atoms with van der Waals surface area (Å²) in [5.74, 6) is 0.532. The largest absolute Gasteiger partial charge is 0.355 e. The molecule has 0 bridgehead atoms. The van der Waals surface area contributed by atoms with Gasteiger partial charge in [0.05, 0.1) is 11.6 Å². The summed E-state index contributed by atoms with van der Waals surface area (Å²) in [6.45, 7) is 9.85. The Bertz CT molecular complexity index is 524. The van der Waals surface area contributed by atoms with Crippen molar-refractivity contribution in [1.29, 1.82) is 0 Å². The van der Waals surface area contributed by atoms with E-state index in [0.29, 0.717) is 23.6 Å². The molecule has 0 saturated carbocycles. The lowest BCUT2D eigenvalue weighted by Crippen LogP contribution is -2.44. The molecule has 0 aliphatic rings. The number of nitrogens with one attached hydrogen (secondary N) is 3. The Balaban J connectivity index is 2.79. The molecule has 1 heterocycles. The molecule has 0 aliphatic heterocycles. The monoisotopic (exact) mass is 280 g/mol. The van der Waals surface area contributed by atoms with Gasteiger partial charge in [0, 0.05) is 18.3 Å². The van der Waals surface area contributed by atoms with Gasteiger partial charge in [-0.2, -0.15) is 0 Å². The predicted molar refractivity (Wildman–Crippen MR) is 78.6 cm³/mol. The van der Waals surface area contributed by atoms with Crippen LogP contribution in [-0.2, 0) is 4.79 Å². The molecule has 6 nitrogen and oxygen atoms in total. The highest BCUT2D eigenvalue weighted by molar-refractivity contribution is 5.81. The van der Waals surface area contributed by atoms with Crippen LogP contribution in [-0.4, -0.2) is 28.5 Å². The molecule has 0 aliphatic carbocycles. The summed E-state index contributed by atoms with van der Waals surface area (Å²) in [7, 11) is 0. The Morgan fingerprint density at radius 3 is 2.55 bits per heavy atom. The van der Waals surface area contributed by atoms with Gasteiger partial charge in [0.1, 0.15) is 5.82 Å². The van der Waals surface area contributed by atoms with Crippen LogP contribution < -0.4 is 16.2 Å². The lowest BCUT2D eigenvalue weighted by atomic mass is 10.1. The van der Waals surface area contributed by atoms with Crippen LogP contribution in [0.15, 0.2) is 4.79 Å². The smallest absolute Gasteiger partial charge is 0.255 e. The zero-order valence-electron chi connectivity index (χ0n) is 12.8. The number of rotatable bonds is 6. The number of aromatic nitrogens is 2. The normalized spacial score (nSPS) is 13.8. The van der Waals surface area contributed by atoms with Gasteiger partial charge < -0.3 is 10.3 Å². The fourth-order valence-corrected chi connectivity index (χ4v) is 2.18. The second kappa shape index (κ2) is 7.19. The van der Waals surface area contributed by atoms with Gasteiger partial charge in [0.25, 0.3) is 5.56 Å². The van der Waals surface area contributed by atoms with Crippen LogP contribution in [0.5, 0.6) is 0 Å². The van der Waals surface area contributed by atoms with Crippen molar-refractivity contribution < 1.29 is 4.79 Å². The number of amides is 1. The SMILES string of the molecule is CCCNC(=O)C(C)NC(C)c1c(C)nc(C)[nH]c1=O. The van der Waals surface area contributed by atoms with Gasteiger partial charge in [-0.1, -0.05) is 6.92 Å². The lowest BCUT2D eigenvalue weighted by molar-refractivity contribution is -0.122. The van der Waals surface area contributed by atoms with Crippen molar-refractivity contribution >= 4 is 5.91 Å². The summed E-state index contributed by atoms with van der Waals surface area (Å²) in [5, 5.41) is 5.96. The highest BCUT2D eigenvalue weighted by Gasteiger charge is 2.19. The maximum Gasteiger partial charge on any atom is 0.255 e. The number of hydrogen-bond acceptors (Lipinski definition) is 4. The second-order valence-electron chi connectivity index (χ2n) is 5.05. The number of aromatic amines is 1. The van der Waals surface area contributed by atoms with Gasteiger partial charge in [-0.15, -0.1) is 0 Å². The Hall–Kier alpha value is -1.69. The first-order valence-corrected chi connectivity index (χ1v) is 6.98. The molecule has 0 saturated heterocycles. The van der Waals surface area contributed by atoms with Gasteiger partial charge in [-0.3, -0.25) is 14.9 Å². The third kappa shape index (κ3) is 4.16. The van der Waals surface area contributed by atoms with Crippen molar-refractivity contribution in [3.05, 3.63) is 27.4 Å². The van der Waals surface area contributed by atoms with E-state index in [2.05, 4.69) is 20.6 Å². The minimum atomic E-state index is -0.364. The number of carbonyl (C=O) groups excluding carboxylic acids is 1. The molecule has 1 rings (SSSR count). The zero-order chi connectivity index (χ0) is 15.3. The van der Waals surface area contributed by atoms with Crippen LogP contribution in [0, 0.1) is 13.8 Å². The first-order valence-electron chi connectivity index (χ1n) is 6.98. The fourth-order valence-electron chi connectivity index (χ4n) is 2.18. The molecule has 0 fully saturated rings. The first-order chi connectivity index (χ1) is 9.36. The van der Waals surface area contributed by atoms with Crippen LogP contribution in [0.2, 0.25) is 0 Å². The number of aryl methyl sites for hydroxylation is 2. The van der Waals surface area contributed by atoms with E-state index in [9.17, 15) is 9.59 Å². The third-order valence-corrected chi connectivity index (χ3v) is 3.14. The fraction of sp³-hybridized carbons (Fsp3) is 0.643. The summed E-state index contributed by atoms with van der Waals surface area (Å²) in [6, 6.07) is -0.606. The molecule has 1 aromatic heterocycles. The molecular weight excluding hydrogens is 256 g/mol. The number of carbonyl (C=O) groups is 1. The van der Waals surface area contributed by atoms with E-state index >= 15 is 0 Å². The van der Waals surface area contributed by atoms with E-state index in [0.717, 1.165) is 6.42 Å². The summed E-state index contributed by atoms with van der Waals surface area (Å²) >= 11 is 0. The van der Waals surface area contributed by atoms with E-state index < -0.39 is 0 Å². The van der Waals surface area contributed by atoms with Crippen molar-refractivity contribution in [2.24, 2.45) is 0 Å². The summed E-state index contributed by atoms with van der Waals surface area (Å²) in [6.07, 6.45) is 0.897. The molecule has 6 heteroatoms. The number of nitrogens with zero attached hydrogens (tertiary/aromatic N) is 1. The van der Waals surface area contributed by atoms with Crippen LogP contribution in [0.25, 0.3) is 0 Å². The molecule has 112 valence electrons. The van der Waals surface area contributed by atoms with Gasteiger partial charge in [0.2, 0.25) is 5.91 Å². The molecule has 1 amide bonds. The Kier molecular flexibility index (Phi) is 5.88. The zero-order valence-corrected chi connectivity index (χ0v) is 12.8. The first kappa shape index (κ1) is 16.4. The molecule has 0 aromatic carbocycles. The number of hydrogen-bond donors (Lipinski definition) is 3. The lowest BCUT2D eigenvalue weighted by Gasteiger charge is -2.20. The molecule has 0 spiro atoms. The van der Waals surface area contributed by atoms with Crippen molar-refractivity contribution in [1.82, 2.24) is 20.6 Å². The minimum absolute atomic E-state index is 0.0622. The van der Waals surface area contributed by atoms with Crippen molar-refractivity contribution in [2.75, 3.05) is 6.54 Å². The van der Waals surface area contributed by atoms with Crippen molar-refractivity contribution in [3.8, 4) is 0 Å². The van der Waals surface area contributed by atoms with Crippen molar-refractivity contribution in [3.63, 3.8) is 0 Å². The van der Waals surface area contributed by atoms with Crippen LogP contribution in [0.4, 0.5) is 0 Å². The van der Waals surface area contributed by atoms with Crippen LogP contribution in [0.1, 0.15) is 50.3 Å². The molecule has 3 N–H and O–H groups in total. The highest BCUT2D eigenvalue weighted by atomic mass is 16.2. The Labute approximate surface area is 119 Å². The summed E-state index contributed by atoms with van der Waals surface area (Å²) in [5.41, 5.74) is 1.11. The van der Waals surface area contributed by atoms with Gasteiger partial charge >= 0.3 is 0 Å². The standard InChI is InChI=1S/C14H24N4O2/c1-6-7-15-13(19)10(4)16-8(2)12-9(3)17-11(5)18-14(12)20/h8,10,16H,6-7H2,1-5H3,(H,15,19)(H,17,18,20). The molecule has 20 heavy (non-hydrogen) atoms. The molecule has 1 aromatic rings. The Morgan fingerprint density at radius 2 is 2.00 bits per heavy atom. The molecule has 2 atom stereocenters. The highest BCUT2D eigenvalue weighted by Crippen LogP contribution is 2.11. The van der Waals surface area contributed by atoms with Gasteiger partial charge in [0.15, 0.2) is 0 Å². The quantitative estimate of drug-likeness (QED) is 0.724. The van der Waals surface area contributed by atoms with E-state index in [1.54, 1.807) is 20.8 Å². The Morgan fingerprint density at radius 1 is 1.35 bits per heavy atom. The second-order valence-corrected chi connectivity index (χ2v) is 5.05. The average Bonchev–Trinajstić information content (AvgIpc) is 2.34. The van der Waals surface area contributed by atoms with E-state index in [4.69, 9.17) is 0 Å². The number of H-pyrrole nitrogens is 1. The average molecular weight is 280 g/mol. The summed E-state index contributed by atoms with van der Waals surface area (Å²) in [4.78, 5) is 30.8. The topological polar surface area (TPSA) is 86.9 Å². The van der Waals surface area contributed by atoms with Crippen LogP contribution in [0.3, 0.4) is 0 Å². The molecule has 2 unspecified atom stereocenters. The van der Waals surface area contributed by atoms with E-state index in [1.165, 1.54) is 0 Å². The predicted octanol–water partition coefficient (Wildman–Crippen LogP) is 0.952. The van der Waals surface area contributed by atoms with Crippen LogP contribution >= 0.6 is 0 Å². The maximum atomic E-state index is 12.0. The summed E-state index contributed by atoms with van der Waals surface area (Å²) < 4.78 is 0. The third-order valence-electron chi connectivity index (χ3n) is 3.14. The van der Waals surface area contributed by atoms with Gasteiger partial charge in [-0.05, 0) is 34.1 Å².